The van der Waals surface area contributed by atoms with Crippen LogP contribution in [0.25, 0.3) is 10.9 Å². The number of halogens is 1. The number of amides is 1. The molecule has 3 nitrogen and oxygen atoms in total. The summed E-state index contributed by atoms with van der Waals surface area (Å²) in [6.07, 6.45) is 0.635. The van der Waals surface area contributed by atoms with Gasteiger partial charge in [-0.15, -0.1) is 0 Å². The molecule has 1 heterocycles. The largest absolute Gasteiger partial charge is 0.355 e. The maximum absolute atomic E-state index is 10.7. The SMILES string of the molecule is CC(=O)NCCC#Cc1ccc2nc(Cl)ccc2c1. The smallest absolute Gasteiger partial charge is 0.216 e. The Balaban J connectivity index is 2.07. The van der Waals surface area contributed by atoms with Crippen LogP contribution in [0.5, 0.6) is 0 Å². The molecule has 0 fully saturated rings. The molecule has 2 rings (SSSR count). The standard InChI is InChI=1S/C15H13ClN2O/c1-11(19)17-9-3-2-4-12-5-7-14-13(10-12)6-8-15(16)18-14/h5-8,10H,3,9H2,1H3,(H,17,19). The van der Waals surface area contributed by atoms with Gasteiger partial charge in [0.05, 0.1) is 5.52 Å². The Morgan fingerprint density at radius 2 is 2.21 bits per heavy atom. The third-order valence-corrected chi connectivity index (χ3v) is 2.72. The zero-order chi connectivity index (χ0) is 13.7. The molecule has 1 amide bonds. The molecule has 0 saturated carbocycles. The van der Waals surface area contributed by atoms with Crippen molar-refractivity contribution in [1.29, 1.82) is 0 Å². The van der Waals surface area contributed by atoms with Crippen molar-refractivity contribution in [2.75, 3.05) is 6.54 Å². The van der Waals surface area contributed by atoms with Crippen molar-refractivity contribution < 1.29 is 4.79 Å². The lowest BCUT2D eigenvalue weighted by Crippen LogP contribution is -2.20. The maximum atomic E-state index is 10.7. The summed E-state index contributed by atoms with van der Waals surface area (Å²) in [4.78, 5) is 14.9. The van der Waals surface area contributed by atoms with Gasteiger partial charge in [-0.25, -0.2) is 4.98 Å². The number of aromatic nitrogens is 1. The fraction of sp³-hybridized carbons (Fsp3) is 0.200. The average molecular weight is 273 g/mol. The third kappa shape index (κ3) is 3.97. The topological polar surface area (TPSA) is 42.0 Å². The van der Waals surface area contributed by atoms with Crippen molar-refractivity contribution in [2.24, 2.45) is 0 Å². The van der Waals surface area contributed by atoms with E-state index in [1.54, 1.807) is 6.07 Å². The van der Waals surface area contributed by atoms with Gasteiger partial charge in [0, 0.05) is 30.8 Å². The Kier molecular flexibility index (Phi) is 4.38. The number of hydrogen-bond acceptors (Lipinski definition) is 2. The van der Waals surface area contributed by atoms with Crippen LogP contribution in [0.4, 0.5) is 0 Å². The predicted molar refractivity (Wildman–Crippen MR) is 76.9 cm³/mol. The number of nitrogens with one attached hydrogen (secondary N) is 1. The van der Waals surface area contributed by atoms with Gasteiger partial charge in [-0.1, -0.05) is 23.4 Å². The van der Waals surface area contributed by atoms with Gasteiger partial charge in [-0.2, -0.15) is 0 Å². The molecule has 19 heavy (non-hydrogen) atoms. The van der Waals surface area contributed by atoms with E-state index in [1.807, 2.05) is 24.3 Å². The molecule has 2 aromatic rings. The number of carbonyl (C=O) groups excluding carboxylic acids is 1. The predicted octanol–water partition coefficient (Wildman–Crippen LogP) is 2.77. The molecule has 0 aliphatic rings. The van der Waals surface area contributed by atoms with Gasteiger partial charge in [0.1, 0.15) is 5.15 Å². The van der Waals surface area contributed by atoms with Gasteiger partial charge < -0.3 is 5.32 Å². The first kappa shape index (κ1) is 13.4. The number of pyridine rings is 1. The zero-order valence-electron chi connectivity index (χ0n) is 10.5. The maximum Gasteiger partial charge on any atom is 0.216 e. The number of hydrogen-bond donors (Lipinski definition) is 1. The van der Waals surface area contributed by atoms with Gasteiger partial charge in [0.2, 0.25) is 5.91 Å². The first-order valence-electron chi connectivity index (χ1n) is 5.95. The minimum atomic E-state index is -0.0320. The van der Waals surface area contributed by atoms with E-state index in [0.29, 0.717) is 18.1 Å². The van der Waals surface area contributed by atoms with Crippen molar-refractivity contribution in [3.63, 3.8) is 0 Å². The van der Waals surface area contributed by atoms with Gasteiger partial charge in [0.15, 0.2) is 0 Å². The Morgan fingerprint density at radius 3 is 3.00 bits per heavy atom. The molecular weight excluding hydrogens is 260 g/mol. The Morgan fingerprint density at radius 1 is 1.37 bits per heavy atom. The number of rotatable bonds is 2. The number of benzene rings is 1. The summed E-state index contributed by atoms with van der Waals surface area (Å²) in [5.74, 6) is 6.05. The molecule has 4 heteroatoms. The zero-order valence-corrected chi connectivity index (χ0v) is 11.3. The molecule has 0 atom stereocenters. The monoisotopic (exact) mass is 272 g/mol. The molecule has 0 bridgehead atoms. The molecule has 1 aromatic carbocycles. The van der Waals surface area contributed by atoms with E-state index in [0.717, 1.165) is 16.5 Å². The fourth-order valence-electron chi connectivity index (χ4n) is 1.64. The average Bonchev–Trinajstić information content (AvgIpc) is 2.38. The summed E-state index contributed by atoms with van der Waals surface area (Å²) in [5, 5.41) is 4.20. The van der Waals surface area contributed by atoms with Crippen LogP contribution in [-0.2, 0) is 4.79 Å². The Bertz CT molecular complexity index is 671. The summed E-state index contributed by atoms with van der Waals surface area (Å²) in [5.41, 5.74) is 1.79. The molecule has 1 aromatic heterocycles. The number of fused-ring (bicyclic) bond motifs is 1. The van der Waals surface area contributed by atoms with E-state index in [4.69, 9.17) is 11.6 Å². The van der Waals surface area contributed by atoms with E-state index in [1.165, 1.54) is 6.92 Å². The van der Waals surface area contributed by atoms with Crippen molar-refractivity contribution in [1.82, 2.24) is 10.3 Å². The van der Waals surface area contributed by atoms with Crippen molar-refractivity contribution >= 4 is 28.4 Å². The normalized spacial score (nSPS) is 9.79. The molecule has 1 N–H and O–H groups in total. The highest BCUT2D eigenvalue weighted by Crippen LogP contribution is 2.16. The quantitative estimate of drug-likeness (QED) is 0.519. The third-order valence-electron chi connectivity index (χ3n) is 2.51. The van der Waals surface area contributed by atoms with E-state index >= 15 is 0 Å². The van der Waals surface area contributed by atoms with E-state index < -0.39 is 0 Å². The highest BCUT2D eigenvalue weighted by atomic mass is 35.5. The van der Waals surface area contributed by atoms with Crippen LogP contribution in [0.1, 0.15) is 18.9 Å². The van der Waals surface area contributed by atoms with E-state index in [9.17, 15) is 4.79 Å². The van der Waals surface area contributed by atoms with Crippen LogP contribution in [-0.4, -0.2) is 17.4 Å². The van der Waals surface area contributed by atoms with Crippen LogP contribution in [0, 0.1) is 11.8 Å². The lowest BCUT2D eigenvalue weighted by Gasteiger charge is -1.98. The summed E-state index contributed by atoms with van der Waals surface area (Å²) >= 11 is 5.83. The second kappa shape index (κ2) is 6.21. The van der Waals surface area contributed by atoms with Gasteiger partial charge in [0.25, 0.3) is 0 Å². The van der Waals surface area contributed by atoms with Crippen molar-refractivity contribution in [3.05, 3.63) is 41.0 Å². The lowest BCUT2D eigenvalue weighted by atomic mass is 10.1. The van der Waals surface area contributed by atoms with Crippen LogP contribution in [0.2, 0.25) is 5.15 Å². The number of carbonyl (C=O) groups is 1. The molecule has 0 radical (unpaired) electrons. The molecule has 0 aliphatic heterocycles. The van der Waals surface area contributed by atoms with Gasteiger partial charge >= 0.3 is 0 Å². The summed E-state index contributed by atoms with van der Waals surface area (Å²) in [7, 11) is 0. The number of nitrogens with zero attached hydrogens (tertiary/aromatic N) is 1. The molecule has 96 valence electrons. The summed E-state index contributed by atoms with van der Waals surface area (Å²) < 4.78 is 0. The lowest BCUT2D eigenvalue weighted by molar-refractivity contribution is -0.118. The Hall–Kier alpha value is -2.05. The van der Waals surface area contributed by atoms with Crippen LogP contribution >= 0.6 is 11.6 Å². The highest BCUT2D eigenvalue weighted by Gasteiger charge is 1.97. The van der Waals surface area contributed by atoms with E-state index in [2.05, 4.69) is 22.1 Å². The molecule has 0 unspecified atom stereocenters. The van der Waals surface area contributed by atoms with E-state index in [-0.39, 0.29) is 5.91 Å². The Labute approximate surface area is 117 Å². The molecule has 0 aliphatic carbocycles. The van der Waals surface area contributed by atoms with Crippen LogP contribution < -0.4 is 5.32 Å². The first-order valence-corrected chi connectivity index (χ1v) is 6.32. The summed E-state index contributed by atoms with van der Waals surface area (Å²) in [6, 6.07) is 9.48. The minimum Gasteiger partial charge on any atom is -0.355 e. The van der Waals surface area contributed by atoms with Crippen molar-refractivity contribution in [2.45, 2.75) is 13.3 Å². The first-order chi connectivity index (χ1) is 9.15. The second-order valence-electron chi connectivity index (χ2n) is 4.08. The highest BCUT2D eigenvalue weighted by molar-refractivity contribution is 6.29. The van der Waals surface area contributed by atoms with Gasteiger partial charge in [-0.05, 0) is 30.3 Å². The van der Waals surface area contributed by atoms with Crippen molar-refractivity contribution in [3.8, 4) is 11.8 Å². The molecular formula is C15H13ClN2O. The van der Waals surface area contributed by atoms with Crippen LogP contribution in [0.15, 0.2) is 30.3 Å². The molecule has 0 saturated heterocycles. The molecule has 0 spiro atoms. The van der Waals surface area contributed by atoms with Gasteiger partial charge in [-0.3, -0.25) is 4.79 Å². The summed E-state index contributed by atoms with van der Waals surface area (Å²) in [6.45, 7) is 2.07. The fourth-order valence-corrected chi connectivity index (χ4v) is 1.80. The second-order valence-corrected chi connectivity index (χ2v) is 4.46. The van der Waals surface area contributed by atoms with Crippen LogP contribution in [0.3, 0.4) is 0 Å². The minimum absolute atomic E-state index is 0.0320.